The van der Waals surface area contributed by atoms with E-state index in [-0.39, 0.29) is 11.0 Å². The number of anilines is 1. The minimum absolute atomic E-state index is 0.206. The van der Waals surface area contributed by atoms with Crippen molar-refractivity contribution in [1.82, 2.24) is 4.98 Å². The first-order valence-corrected chi connectivity index (χ1v) is 6.66. The van der Waals surface area contributed by atoms with E-state index >= 15 is 0 Å². The normalized spacial score (nSPS) is 10.5. The zero-order chi connectivity index (χ0) is 16.4. The molecule has 0 aliphatic rings. The van der Waals surface area contributed by atoms with Gasteiger partial charge in [0, 0.05) is 6.07 Å². The Morgan fingerprint density at radius 3 is 2.74 bits per heavy atom. The van der Waals surface area contributed by atoms with Crippen molar-refractivity contribution < 1.29 is 19.1 Å². The number of aromatic nitrogens is 1. The number of carbonyl (C=O) groups is 1. The van der Waals surface area contributed by atoms with Crippen molar-refractivity contribution >= 4 is 22.6 Å². The summed E-state index contributed by atoms with van der Waals surface area (Å²) in [6, 6.07) is 9.53. The van der Waals surface area contributed by atoms with Gasteiger partial charge in [-0.05, 0) is 18.2 Å². The number of nitrogens with zero attached hydrogens (tertiary/aromatic N) is 1. The average molecular weight is 312 g/mol. The fourth-order valence-electron chi connectivity index (χ4n) is 2.10. The molecular weight excluding hydrogens is 300 g/mol. The molecule has 1 aromatic carbocycles. The van der Waals surface area contributed by atoms with Crippen molar-refractivity contribution in [1.29, 1.82) is 0 Å². The highest BCUT2D eigenvalue weighted by Gasteiger charge is 2.21. The molecule has 3 rings (SSSR count). The number of fused-ring (bicyclic) bond motifs is 1. The van der Waals surface area contributed by atoms with Gasteiger partial charge in [0.15, 0.2) is 5.56 Å². The van der Waals surface area contributed by atoms with E-state index in [2.05, 4.69) is 10.3 Å². The maximum absolute atomic E-state index is 12.3. The first-order chi connectivity index (χ1) is 11.1. The summed E-state index contributed by atoms with van der Waals surface area (Å²) in [5, 5.41) is 13.0. The van der Waals surface area contributed by atoms with E-state index in [1.807, 2.05) is 0 Å². The second-order valence-electron chi connectivity index (χ2n) is 4.65. The van der Waals surface area contributed by atoms with Gasteiger partial charge in [0.2, 0.25) is 5.88 Å². The van der Waals surface area contributed by atoms with Crippen LogP contribution in [-0.2, 0) is 0 Å². The molecule has 2 aromatic heterocycles. The van der Waals surface area contributed by atoms with Crippen LogP contribution >= 0.6 is 0 Å². The third kappa shape index (κ3) is 2.71. The number of methoxy groups -OCH3 is 1. The fourth-order valence-corrected chi connectivity index (χ4v) is 2.10. The van der Waals surface area contributed by atoms with Crippen LogP contribution in [0.15, 0.2) is 51.8 Å². The number of para-hydroxylation sites is 1. The maximum atomic E-state index is 12.3. The lowest BCUT2D eigenvalue weighted by molar-refractivity contribution is 0.102. The second-order valence-corrected chi connectivity index (χ2v) is 4.65. The topological polar surface area (TPSA) is 102 Å². The highest BCUT2D eigenvalue weighted by molar-refractivity contribution is 6.08. The Bertz CT molecular complexity index is 931. The van der Waals surface area contributed by atoms with E-state index in [4.69, 9.17) is 9.15 Å². The summed E-state index contributed by atoms with van der Waals surface area (Å²) >= 11 is 0. The van der Waals surface area contributed by atoms with Crippen LogP contribution in [0.4, 0.5) is 5.69 Å². The molecule has 0 aliphatic carbocycles. The summed E-state index contributed by atoms with van der Waals surface area (Å²) in [5.41, 5.74) is -0.819. The largest absolute Gasteiger partial charge is 0.506 e. The van der Waals surface area contributed by atoms with Crippen LogP contribution in [0.25, 0.3) is 11.0 Å². The van der Waals surface area contributed by atoms with Crippen LogP contribution in [0.5, 0.6) is 11.6 Å². The number of hydrogen-bond acceptors (Lipinski definition) is 6. The summed E-state index contributed by atoms with van der Waals surface area (Å²) in [6.45, 7) is 0. The monoisotopic (exact) mass is 312 g/mol. The lowest BCUT2D eigenvalue weighted by atomic mass is 10.1. The molecule has 0 spiro atoms. The number of aromatic hydroxyl groups is 1. The molecule has 7 nitrogen and oxygen atoms in total. The third-order valence-corrected chi connectivity index (χ3v) is 3.22. The van der Waals surface area contributed by atoms with Gasteiger partial charge in [-0.3, -0.25) is 4.79 Å². The molecule has 1 amide bonds. The van der Waals surface area contributed by atoms with Crippen molar-refractivity contribution in [2.45, 2.75) is 0 Å². The summed E-state index contributed by atoms with van der Waals surface area (Å²) in [5.74, 6) is -0.819. The molecule has 0 aliphatic heterocycles. The number of pyridine rings is 1. The van der Waals surface area contributed by atoms with Gasteiger partial charge in [-0.2, -0.15) is 0 Å². The molecule has 116 valence electrons. The molecule has 2 N–H and O–H groups in total. The molecular formula is C16H12N2O5. The number of hydrogen-bond donors (Lipinski definition) is 2. The Kier molecular flexibility index (Phi) is 3.68. The molecule has 23 heavy (non-hydrogen) atoms. The zero-order valence-electron chi connectivity index (χ0n) is 12.1. The lowest BCUT2D eigenvalue weighted by Gasteiger charge is -2.07. The van der Waals surface area contributed by atoms with Crippen molar-refractivity contribution in [3.05, 3.63) is 58.6 Å². The van der Waals surface area contributed by atoms with E-state index in [0.717, 1.165) is 0 Å². The molecule has 2 heterocycles. The number of carbonyl (C=O) groups excluding carboxylic acids is 1. The van der Waals surface area contributed by atoms with Crippen molar-refractivity contribution in [2.75, 3.05) is 12.4 Å². The van der Waals surface area contributed by atoms with E-state index in [9.17, 15) is 14.7 Å². The van der Waals surface area contributed by atoms with E-state index in [1.165, 1.54) is 19.4 Å². The quantitative estimate of drug-likeness (QED) is 0.719. The summed E-state index contributed by atoms with van der Waals surface area (Å²) in [6.07, 6.45) is 1.37. The zero-order valence-corrected chi connectivity index (χ0v) is 12.1. The van der Waals surface area contributed by atoms with Gasteiger partial charge in [-0.1, -0.05) is 12.1 Å². The minimum Gasteiger partial charge on any atom is -0.506 e. The van der Waals surface area contributed by atoms with Gasteiger partial charge >= 0.3 is 5.63 Å². The van der Waals surface area contributed by atoms with E-state index in [0.29, 0.717) is 11.6 Å². The first-order valence-electron chi connectivity index (χ1n) is 6.66. The van der Waals surface area contributed by atoms with Crippen LogP contribution in [-0.4, -0.2) is 23.1 Å². The van der Waals surface area contributed by atoms with Crippen molar-refractivity contribution in [3.8, 4) is 11.6 Å². The smallest absolute Gasteiger partial charge is 0.353 e. The molecule has 0 saturated heterocycles. The molecule has 0 saturated carbocycles. The van der Waals surface area contributed by atoms with Gasteiger partial charge in [0.25, 0.3) is 5.91 Å². The second kappa shape index (κ2) is 5.80. The van der Waals surface area contributed by atoms with E-state index in [1.54, 1.807) is 30.3 Å². The number of ether oxygens (including phenoxy) is 1. The van der Waals surface area contributed by atoms with Crippen LogP contribution in [0.3, 0.4) is 0 Å². The predicted octanol–water partition coefficient (Wildman–Crippen LogP) is 2.15. The Balaban J connectivity index is 1.98. The highest BCUT2D eigenvalue weighted by Crippen LogP contribution is 2.26. The predicted molar refractivity (Wildman–Crippen MR) is 82.9 cm³/mol. The van der Waals surface area contributed by atoms with Gasteiger partial charge in [0.05, 0.1) is 24.4 Å². The van der Waals surface area contributed by atoms with Gasteiger partial charge < -0.3 is 19.6 Å². The third-order valence-electron chi connectivity index (χ3n) is 3.22. The number of benzene rings is 1. The van der Waals surface area contributed by atoms with Crippen LogP contribution in [0.1, 0.15) is 10.4 Å². The maximum Gasteiger partial charge on any atom is 0.353 e. The number of amides is 1. The fraction of sp³-hybridized carbons (Fsp3) is 0.0625. The molecule has 0 bridgehead atoms. The van der Waals surface area contributed by atoms with E-state index < -0.39 is 22.8 Å². The molecule has 0 radical (unpaired) electrons. The summed E-state index contributed by atoms with van der Waals surface area (Å²) in [7, 11) is 1.47. The lowest BCUT2D eigenvalue weighted by Crippen LogP contribution is -2.21. The van der Waals surface area contributed by atoms with Gasteiger partial charge in [-0.25, -0.2) is 9.78 Å². The average Bonchev–Trinajstić information content (AvgIpc) is 2.55. The first kappa shape index (κ1) is 14.6. The SMILES string of the molecule is COc1ccc(NC(=O)c2c(O)c3ccccc3oc2=O)cn1. The molecule has 3 aromatic rings. The number of rotatable bonds is 3. The van der Waals surface area contributed by atoms with Crippen molar-refractivity contribution in [2.24, 2.45) is 0 Å². The van der Waals surface area contributed by atoms with Gasteiger partial charge in [-0.15, -0.1) is 0 Å². The van der Waals surface area contributed by atoms with Crippen LogP contribution in [0, 0.1) is 0 Å². The highest BCUT2D eigenvalue weighted by atomic mass is 16.5. The Labute approximate surface area is 130 Å². The van der Waals surface area contributed by atoms with Crippen molar-refractivity contribution in [3.63, 3.8) is 0 Å². The Hall–Kier alpha value is -3.35. The van der Waals surface area contributed by atoms with Crippen LogP contribution in [0.2, 0.25) is 0 Å². The number of nitrogens with one attached hydrogen (secondary N) is 1. The summed E-state index contributed by atoms with van der Waals surface area (Å²) in [4.78, 5) is 28.2. The van der Waals surface area contributed by atoms with Gasteiger partial charge in [0.1, 0.15) is 11.3 Å². The molecule has 0 fully saturated rings. The molecule has 0 atom stereocenters. The summed E-state index contributed by atoms with van der Waals surface area (Å²) < 4.78 is 9.97. The molecule has 7 heteroatoms. The Morgan fingerprint density at radius 1 is 1.26 bits per heavy atom. The standard InChI is InChI=1S/C16H12N2O5/c1-22-12-7-6-9(8-17-12)18-15(20)13-14(19)10-4-2-3-5-11(10)23-16(13)21/h2-8,19H,1H3,(H,18,20). The van der Waals surface area contributed by atoms with Crippen LogP contribution < -0.4 is 15.7 Å². The molecule has 0 unspecified atom stereocenters. The minimum atomic E-state index is -0.917. The Morgan fingerprint density at radius 2 is 2.04 bits per heavy atom.